The van der Waals surface area contributed by atoms with E-state index in [2.05, 4.69) is 20.8 Å². The van der Waals surface area contributed by atoms with Gasteiger partial charge in [-0.25, -0.2) is 4.79 Å². The lowest BCUT2D eigenvalue weighted by Crippen LogP contribution is -2.19. The molecule has 0 atom stereocenters. The van der Waals surface area contributed by atoms with Crippen molar-refractivity contribution >= 4 is 27.6 Å². The Balaban J connectivity index is 2.31. The van der Waals surface area contributed by atoms with Crippen LogP contribution in [0.5, 0.6) is 11.8 Å². The molecule has 0 aliphatic carbocycles. The SMILES string of the molecule is CC(C)(C)SSCCC(=O)On1c(O)ccc1O. The smallest absolute Gasteiger partial charge is 0.334 e. The Morgan fingerprint density at radius 2 is 1.89 bits per heavy atom. The first-order chi connectivity index (χ1) is 8.29. The van der Waals surface area contributed by atoms with Crippen molar-refractivity contribution in [3.8, 4) is 11.8 Å². The minimum atomic E-state index is -0.501. The first-order valence-electron chi connectivity index (χ1n) is 5.41. The van der Waals surface area contributed by atoms with Crippen LogP contribution in [0, 0.1) is 0 Å². The molecule has 0 saturated carbocycles. The van der Waals surface area contributed by atoms with Crippen molar-refractivity contribution in [3.05, 3.63) is 12.1 Å². The second-order valence-corrected chi connectivity index (χ2v) is 7.82. The molecule has 0 aromatic carbocycles. The Hall–Kier alpha value is -0.950. The van der Waals surface area contributed by atoms with Gasteiger partial charge in [-0.1, -0.05) is 42.4 Å². The molecule has 0 saturated heterocycles. The van der Waals surface area contributed by atoms with E-state index in [1.165, 1.54) is 12.1 Å². The molecular weight excluding hydrogens is 274 g/mol. The Kier molecular flexibility index (Phi) is 5.28. The summed E-state index contributed by atoms with van der Waals surface area (Å²) in [4.78, 5) is 16.3. The summed E-state index contributed by atoms with van der Waals surface area (Å²) in [5.74, 6) is -0.502. The van der Waals surface area contributed by atoms with Crippen molar-refractivity contribution in [3.63, 3.8) is 0 Å². The van der Waals surface area contributed by atoms with E-state index in [1.54, 1.807) is 21.6 Å². The molecule has 1 aromatic heterocycles. The summed E-state index contributed by atoms with van der Waals surface area (Å²) in [6.07, 6.45) is 0.213. The lowest BCUT2D eigenvalue weighted by Gasteiger charge is -2.15. The predicted octanol–water partition coefficient (Wildman–Crippen LogP) is 2.42. The van der Waals surface area contributed by atoms with E-state index in [0.29, 0.717) is 10.5 Å². The molecule has 1 rings (SSSR count). The normalized spacial score (nSPS) is 11.5. The second-order valence-electron chi connectivity index (χ2n) is 4.58. The van der Waals surface area contributed by atoms with Gasteiger partial charge in [-0.3, -0.25) is 0 Å². The summed E-state index contributed by atoms with van der Waals surface area (Å²) in [6, 6.07) is 2.49. The number of carbonyl (C=O) groups is 1. The van der Waals surface area contributed by atoms with Gasteiger partial charge in [-0.05, 0) is 0 Å². The van der Waals surface area contributed by atoms with Crippen molar-refractivity contribution in [1.29, 1.82) is 0 Å². The van der Waals surface area contributed by atoms with Crippen LogP contribution in [-0.2, 0) is 4.79 Å². The maximum Gasteiger partial charge on any atom is 0.334 e. The Labute approximate surface area is 114 Å². The summed E-state index contributed by atoms with van der Waals surface area (Å²) in [5, 5.41) is 18.5. The van der Waals surface area contributed by atoms with E-state index in [0.717, 1.165) is 0 Å². The number of hydrogen-bond acceptors (Lipinski definition) is 6. The van der Waals surface area contributed by atoms with Gasteiger partial charge >= 0.3 is 5.97 Å². The van der Waals surface area contributed by atoms with Gasteiger partial charge in [-0.2, -0.15) is 0 Å². The summed E-state index contributed by atoms with van der Waals surface area (Å²) >= 11 is 0. The molecule has 0 bridgehead atoms. The molecule has 0 radical (unpaired) electrons. The highest BCUT2D eigenvalue weighted by Crippen LogP contribution is 2.35. The molecule has 1 heterocycles. The van der Waals surface area contributed by atoms with Crippen LogP contribution >= 0.6 is 21.6 Å². The largest absolute Gasteiger partial charge is 0.492 e. The molecule has 0 spiro atoms. The van der Waals surface area contributed by atoms with Crippen LogP contribution in [0.1, 0.15) is 27.2 Å². The third-order valence-electron chi connectivity index (χ3n) is 1.69. The Morgan fingerprint density at radius 1 is 1.33 bits per heavy atom. The summed E-state index contributed by atoms with van der Waals surface area (Å²) in [5.41, 5.74) is 0. The lowest BCUT2D eigenvalue weighted by molar-refractivity contribution is -0.144. The van der Waals surface area contributed by atoms with Crippen LogP contribution in [0.4, 0.5) is 0 Å². The Morgan fingerprint density at radius 3 is 2.39 bits per heavy atom. The van der Waals surface area contributed by atoms with Gasteiger partial charge in [0, 0.05) is 22.6 Å². The van der Waals surface area contributed by atoms with E-state index in [4.69, 9.17) is 4.84 Å². The number of rotatable bonds is 5. The van der Waals surface area contributed by atoms with Crippen molar-refractivity contribution in [1.82, 2.24) is 4.73 Å². The predicted molar refractivity (Wildman–Crippen MR) is 73.8 cm³/mol. The molecular formula is C11H17NO4S2. The van der Waals surface area contributed by atoms with Crippen molar-refractivity contribution < 1.29 is 19.8 Å². The minimum Gasteiger partial charge on any atom is -0.492 e. The average molecular weight is 291 g/mol. The van der Waals surface area contributed by atoms with Crippen molar-refractivity contribution in [2.75, 3.05) is 5.75 Å². The lowest BCUT2D eigenvalue weighted by atomic mass is 10.3. The summed E-state index contributed by atoms with van der Waals surface area (Å²) in [6.45, 7) is 6.29. The summed E-state index contributed by atoms with van der Waals surface area (Å²) < 4.78 is 0.843. The van der Waals surface area contributed by atoms with Crippen LogP contribution in [0.25, 0.3) is 0 Å². The molecule has 2 N–H and O–H groups in total. The fraction of sp³-hybridized carbons (Fsp3) is 0.545. The van der Waals surface area contributed by atoms with Gasteiger partial charge in [0.2, 0.25) is 11.8 Å². The monoisotopic (exact) mass is 291 g/mol. The molecule has 0 fully saturated rings. The second kappa shape index (κ2) is 6.29. The number of carbonyl (C=O) groups excluding carboxylic acids is 1. The van der Waals surface area contributed by atoms with Crippen LogP contribution in [0.2, 0.25) is 0 Å². The van der Waals surface area contributed by atoms with Crippen molar-refractivity contribution in [2.24, 2.45) is 0 Å². The standard InChI is InChI=1S/C11H17NO4S2/c1-11(2,3)18-17-7-6-10(15)16-12-8(13)4-5-9(12)14/h4-5,13-14H,6-7H2,1-3H3. The van der Waals surface area contributed by atoms with Crippen LogP contribution in [0.15, 0.2) is 12.1 Å². The van der Waals surface area contributed by atoms with Gasteiger partial charge in [0.05, 0.1) is 6.42 Å². The first-order valence-corrected chi connectivity index (χ1v) is 7.73. The molecule has 0 amide bonds. The first kappa shape index (κ1) is 15.1. The molecule has 102 valence electrons. The van der Waals surface area contributed by atoms with E-state index >= 15 is 0 Å². The van der Waals surface area contributed by atoms with E-state index in [9.17, 15) is 15.0 Å². The fourth-order valence-electron chi connectivity index (χ4n) is 0.986. The van der Waals surface area contributed by atoms with Gasteiger partial charge in [0.15, 0.2) is 0 Å². The van der Waals surface area contributed by atoms with E-state index in [1.807, 2.05) is 0 Å². The van der Waals surface area contributed by atoms with Crippen molar-refractivity contribution in [2.45, 2.75) is 31.9 Å². The zero-order valence-corrected chi connectivity index (χ0v) is 12.2. The highest BCUT2D eigenvalue weighted by molar-refractivity contribution is 8.77. The fourth-order valence-corrected chi connectivity index (χ4v) is 3.23. The Bertz CT molecular complexity index is 392. The van der Waals surface area contributed by atoms with E-state index < -0.39 is 5.97 Å². The number of aromatic hydroxyl groups is 2. The molecule has 0 unspecified atom stereocenters. The highest BCUT2D eigenvalue weighted by atomic mass is 33.1. The third-order valence-corrected chi connectivity index (χ3v) is 5.03. The van der Waals surface area contributed by atoms with Gasteiger partial charge in [0.1, 0.15) is 0 Å². The van der Waals surface area contributed by atoms with Crippen LogP contribution in [-0.4, -0.2) is 31.4 Å². The highest BCUT2D eigenvalue weighted by Gasteiger charge is 2.14. The number of aromatic nitrogens is 1. The molecule has 18 heavy (non-hydrogen) atoms. The molecule has 5 nitrogen and oxygen atoms in total. The van der Waals surface area contributed by atoms with Gasteiger partial charge in [-0.15, -0.1) is 4.73 Å². The molecule has 7 heteroatoms. The minimum absolute atomic E-state index is 0.144. The summed E-state index contributed by atoms with van der Waals surface area (Å²) in [7, 11) is 3.28. The quantitative estimate of drug-likeness (QED) is 0.641. The van der Waals surface area contributed by atoms with Crippen LogP contribution in [0.3, 0.4) is 0 Å². The maximum atomic E-state index is 11.5. The van der Waals surface area contributed by atoms with Gasteiger partial charge < -0.3 is 15.1 Å². The molecule has 0 aliphatic rings. The van der Waals surface area contributed by atoms with E-state index in [-0.39, 0.29) is 22.9 Å². The zero-order chi connectivity index (χ0) is 13.8. The number of nitrogens with zero attached hydrogens (tertiary/aromatic N) is 1. The average Bonchev–Trinajstić information content (AvgIpc) is 2.55. The maximum absolute atomic E-state index is 11.5. The topological polar surface area (TPSA) is 71.7 Å². The molecule has 0 aliphatic heterocycles. The third kappa shape index (κ3) is 5.14. The van der Waals surface area contributed by atoms with Gasteiger partial charge in [0.25, 0.3) is 0 Å². The van der Waals surface area contributed by atoms with Crippen LogP contribution < -0.4 is 4.84 Å². The zero-order valence-electron chi connectivity index (χ0n) is 10.5. The number of hydrogen-bond donors (Lipinski definition) is 2. The molecule has 1 aromatic rings.